The van der Waals surface area contributed by atoms with Gasteiger partial charge in [0.2, 0.25) is 0 Å². The van der Waals surface area contributed by atoms with Crippen molar-refractivity contribution < 1.29 is 9.80 Å². The van der Waals surface area contributed by atoms with Crippen LogP contribution >= 0.6 is 0 Å². The van der Waals surface area contributed by atoms with Crippen molar-refractivity contribution in [3.8, 4) is 0 Å². The molecule has 0 aliphatic carbocycles. The number of quaternary nitrogens is 2. The minimum Gasteiger partial charge on any atom is -0.341 e. The van der Waals surface area contributed by atoms with E-state index < -0.39 is 0 Å². The van der Waals surface area contributed by atoms with Crippen LogP contribution in [-0.4, -0.2) is 30.7 Å². The number of nitrogens with one attached hydrogen (secondary N) is 2. The topological polar surface area (TPSA) is 13.8 Å². The first kappa shape index (κ1) is 19.3. The lowest BCUT2D eigenvalue weighted by atomic mass is 10.1. The maximum absolute atomic E-state index is 2.45. The normalized spacial score (nSPS) is 19.5. The zero-order chi connectivity index (χ0) is 20.5. The number of aryl methyl sites for hydroxylation is 2. The van der Waals surface area contributed by atoms with Crippen LogP contribution in [-0.2, 0) is 19.6 Å². The number of nitrogens with zero attached hydrogens (tertiary/aromatic N) is 1. The summed E-state index contributed by atoms with van der Waals surface area (Å²) in [6, 6.07) is 25.0. The third kappa shape index (κ3) is 3.76. The monoisotopic (exact) mass is 399 g/mol. The molecule has 154 valence electrons. The van der Waals surface area contributed by atoms with Crippen LogP contribution in [0.4, 0.5) is 0 Å². The smallest absolute Gasteiger partial charge is 0.127 e. The van der Waals surface area contributed by atoms with Gasteiger partial charge in [0.15, 0.2) is 0 Å². The Morgan fingerprint density at radius 1 is 0.700 bits per heavy atom. The van der Waals surface area contributed by atoms with E-state index in [1.165, 1.54) is 64.7 Å². The van der Waals surface area contributed by atoms with E-state index in [4.69, 9.17) is 0 Å². The summed E-state index contributed by atoms with van der Waals surface area (Å²) >= 11 is 0. The molecule has 30 heavy (non-hydrogen) atoms. The molecule has 3 aromatic carbocycles. The average Bonchev–Trinajstić information content (AvgIpc) is 3.08. The van der Waals surface area contributed by atoms with E-state index in [0.29, 0.717) is 0 Å². The van der Waals surface area contributed by atoms with Crippen LogP contribution in [0.3, 0.4) is 0 Å². The summed E-state index contributed by atoms with van der Waals surface area (Å²) in [7, 11) is 0. The molecule has 0 radical (unpaired) electrons. The van der Waals surface area contributed by atoms with Crippen molar-refractivity contribution >= 4 is 21.8 Å². The van der Waals surface area contributed by atoms with E-state index in [2.05, 4.69) is 85.1 Å². The van der Waals surface area contributed by atoms with Gasteiger partial charge in [0.05, 0.1) is 0 Å². The highest BCUT2D eigenvalue weighted by molar-refractivity contribution is 6.08. The van der Waals surface area contributed by atoms with Crippen LogP contribution in [0.15, 0.2) is 66.7 Å². The lowest BCUT2D eigenvalue weighted by molar-refractivity contribution is -1.02. The van der Waals surface area contributed by atoms with Gasteiger partial charge in [-0.2, -0.15) is 0 Å². The van der Waals surface area contributed by atoms with Gasteiger partial charge >= 0.3 is 0 Å². The van der Waals surface area contributed by atoms with Gasteiger partial charge in [-0.25, -0.2) is 0 Å². The van der Waals surface area contributed by atoms with E-state index in [1.807, 2.05) is 0 Å². The van der Waals surface area contributed by atoms with Crippen LogP contribution in [0, 0.1) is 6.92 Å². The quantitative estimate of drug-likeness (QED) is 0.513. The minimum atomic E-state index is 1.01. The van der Waals surface area contributed by atoms with Crippen molar-refractivity contribution in [2.24, 2.45) is 0 Å². The Balaban J connectivity index is 1.28. The van der Waals surface area contributed by atoms with Crippen molar-refractivity contribution in [2.45, 2.75) is 33.5 Å². The van der Waals surface area contributed by atoms with E-state index in [1.54, 1.807) is 9.80 Å². The zero-order valence-electron chi connectivity index (χ0n) is 18.2. The second-order valence-electron chi connectivity index (χ2n) is 8.96. The van der Waals surface area contributed by atoms with Crippen LogP contribution in [0.25, 0.3) is 21.8 Å². The zero-order valence-corrected chi connectivity index (χ0v) is 18.2. The highest BCUT2D eigenvalue weighted by Gasteiger charge is 2.23. The lowest BCUT2D eigenvalue weighted by Crippen LogP contribution is -3.27. The Hall–Kier alpha value is -2.62. The van der Waals surface area contributed by atoms with E-state index in [9.17, 15) is 0 Å². The van der Waals surface area contributed by atoms with Crippen LogP contribution in [0.5, 0.6) is 0 Å². The molecule has 0 atom stereocenters. The Morgan fingerprint density at radius 2 is 1.37 bits per heavy atom. The second kappa shape index (κ2) is 8.25. The molecule has 0 saturated carbocycles. The predicted molar refractivity (Wildman–Crippen MR) is 125 cm³/mol. The standard InChI is InChI=1S/C27H31N3/c1-3-30-26-10-5-4-9-24(26)25-18-23(11-12-27(25)30)20-29-15-13-28(14-16-29)19-22-8-6-7-21(2)17-22/h4-12,17-18H,3,13-16,19-20H2,1-2H3/p+2. The molecule has 1 saturated heterocycles. The first-order valence-electron chi connectivity index (χ1n) is 11.4. The fraction of sp³-hybridized carbons (Fsp3) is 0.333. The van der Waals surface area contributed by atoms with Gasteiger partial charge in [0.25, 0.3) is 0 Å². The molecule has 2 N–H and O–H groups in total. The SMILES string of the molecule is CCn1c2ccccc2c2cc(C[NH+]3CC[NH+](Cc4cccc(C)c4)CC3)ccc21. The summed E-state index contributed by atoms with van der Waals surface area (Å²) in [5.74, 6) is 0. The molecule has 1 fully saturated rings. The predicted octanol–water partition coefficient (Wildman–Crippen LogP) is 2.61. The largest absolute Gasteiger partial charge is 0.341 e. The molecule has 4 aromatic rings. The molecule has 3 nitrogen and oxygen atoms in total. The Labute approximate surface area is 179 Å². The third-order valence-electron chi connectivity index (χ3n) is 6.81. The van der Waals surface area contributed by atoms with Crippen molar-refractivity contribution in [1.29, 1.82) is 0 Å². The Bertz CT molecular complexity index is 1170. The van der Waals surface area contributed by atoms with Gasteiger partial charge in [0.1, 0.15) is 39.3 Å². The highest BCUT2D eigenvalue weighted by Crippen LogP contribution is 2.29. The summed E-state index contributed by atoms with van der Waals surface area (Å²) in [6.07, 6.45) is 0. The number of rotatable bonds is 5. The first-order chi connectivity index (χ1) is 14.7. The molecule has 0 bridgehead atoms. The fourth-order valence-electron chi connectivity index (χ4n) is 5.26. The Morgan fingerprint density at radius 3 is 2.07 bits per heavy atom. The highest BCUT2D eigenvalue weighted by atomic mass is 15.3. The molecule has 5 rings (SSSR count). The number of hydrogen-bond donors (Lipinski definition) is 2. The summed E-state index contributed by atoms with van der Waals surface area (Å²) in [6.45, 7) is 12.8. The third-order valence-corrected chi connectivity index (χ3v) is 6.81. The van der Waals surface area contributed by atoms with Gasteiger partial charge in [-0.1, -0.05) is 54.1 Å². The van der Waals surface area contributed by atoms with Crippen LogP contribution in [0.1, 0.15) is 23.6 Å². The number of para-hydroxylation sites is 1. The van der Waals surface area contributed by atoms with E-state index in [0.717, 1.165) is 19.6 Å². The molecule has 0 unspecified atom stereocenters. The van der Waals surface area contributed by atoms with Gasteiger partial charge < -0.3 is 14.4 Å². The fourth-order valence-corrected chi connectivity index (χ4v) is 5.26. The second-order valence-corrected chi connectivity index (χ2v) is 8.96. The molecule has 1 aliphatic heterocycles. The number of aromatic nitrogens is 1. The number of hydrogen-bond acceptors (Lipinski definition) is 0. The molecular weight excluding hydrogens is 366 g/mol. The maximum atomic E-state index is 2.45. The van der Waals surface area contributed by atoms with E-state index in [-0.39, 0.29) is 0 Å². The van der Waals surface area contributed by atoms with Crippen molar-refractivity contribution in [2.75, 3.05) is 26.2 Å². The van der Waals surface area contributed by atoms with Crippen molar-refractivity contribution in [3.63, 3.8) is 0 Å². The van der Waals surface area contributed by atoms with E-state index >= 15 is 0 Å². The summed E-state index contributed by atoms with van der Waals surface area (Å²) in [4.78, 5) is 3.45. The van der Waals surface area contributed by atoms with Crippen molar-refractivity contribution in [3.05, 3.63) is 83.4 Å². The number of fused-ring (bicyclic) bond motifs is 3. The van der Waals surface area contributed by atoms with Crippen LogP contribution < -0.4 is 9.80 Å². The van der Waals surface area contributed by atoms with Crippen molar-refractivity contribution in [1.82, 2.24) is 4.57 Å². The lowest BCUT2D eigenvalue weighted by Gasteiger charge is -2.30. The van der Waals surface area contributed by atoms with Gasteiger partial charge in [0, 0.05) is 39.5 Å². The number of piperazine rings is 1. The molecular formula is C27H33N3+2. The molecule has 1 aromatic heterocycles. The first-order valence-corrected chi connectivity index (χ1v) is 11.4. The van der Waals surface area contributed by atoms with Gasteiger partial charge in [-0.15, -0.1) is 0 Å². The van der Waals surface area contributed by atoms with Crippen LogP contribution in [0.2, 0.25) is 0 Å². The maximum Gasteiger partial charge on any atom is 0.127 e. The molecule has 2 heterocycles. The minimum absolute atomic E-state index is 1.01. The Kier molecular flexibility index (Phi) is 5.32. The molecule has 0 spiro atoms. The van der Waals surface area contributed by atoms with Gasteiger partial charge in [-0.3, -0.25) is 0 Å². The average molecular weight is 400 g/mol. The molecule has 1 aliphatic rings. The van der Waals surface area contributed by atoms with Gasteiger partial charge in [-0.05, 0) is 32.0 Å². The summed E-state index contributed by atoms with van der Waals surface area (Å²) < 4.78 is 2.44. The summed E-state index contributed by atoms with van der Waals surface area (Å²) in [5.41, 5.74) is 7.04. The number of benzene rings is 3. The molecule has 3 heteroatoms. The molecule has 0 amide bonds. The summed E-state index contributed by atoms with van der Waals surface area (Å²) in [5, 5.41) is 2.80.